The third-order valence-electron chi connectivity index (χ3n) is 5.81. The molecule has 0 heterocycles. The first-order valence-corrected chi connectivity index (χ1v) is 13.3. The first kappa shape index (κ1) is 32.3. The van der Waals surface area contributed by atoms with E-state index >= 15 is 0 Å². The summed E-state index contributed by atoms with van der Waals surface area (Å²) < 4.78 is 42.2. The second kappa shape index (κ2) is 13.4. The van der Waals surface area contributed by atoms with E-state index in [0.717, 1.165) is 12.8 Å². The highest BCUT2D eigenvalue weighted by atomic mass is 32.2. The molecule has 0 radical (unpaired) electrons. The van der Waals surface area contributed by atoms with E-state index in [-0.39, 0.29) is 32.7 Å². The second-order valence-corrected chi connectivity index (χ2v) is 11.7. The predicted molar refractivity (Wildman–Crippen MR) is 127 cm³/mol. The third-order valence-corrected chi connectivity index (χ3v) is 6.90. The van der Waals surface area contributed by atoms with Crippen LogP contribution in [-0.2, 0) is 34.0 Å². The Bertz CT molecular complexity index is 796. The summed E-state index contributed by atoms with van der Waals surface area (Å²) in [5, 5.41) is 11.7. The normalized spacial score (nSPS) is 16.6. The summed E-state index contributed by atoms with van der Waals surface area (Å²) in [4.78, 5) is 38.7. The van der Waals surface area contributed by atoms with Gasteiger partial charge in [-0.05, 0) is 53.4 Å². The Morgan fingerprint density at radius 3 is 1.97 bits per heavy atom. The third kappa shape index (κ3) is 11.1. The molecule has 11 heteroatoms. The molecule has 0 spiro atoms. The van der Waals surface area contributed by atoms with Gasteiger partial charge in [0.2, 0.25) is 5.91 Å². The molecule has 0 saturated heterocycles. The van der Waals surface area contributed by atoms with Crippen molar-refractivity contribution in [3.05, 3.63) is 0 Å². The fourth-order valence-electron chi connectivity index (χ4n) is 3.94. The first-order valence-electron chi connectivity index (χ1n) is 11.7. The Kier molecular flexibility index (Phi) is 12.7. The Morgan fingerprint density at radius 1 is 0.971 bits per heavy atom. The van der Waals surface area contributed by atoms with Crippen molar-refractivity contribution in [2.75, 3.05) is 25.6 Å². The maximum absolute atomic E-state index is 13.0. The van der Waals surface area contributed by atoms with Gasteiger partial charge in [0.05, 0.1) is 35.3 Å². The lowest BCUT2D eigenvalue weighted by molar-refractivity contribution is -0.165. The molecular formula is C23H43NO9S. The van der Waals surface area contributed by atoms with Gasteiger partial charge >= 0.3 is 11.9 Å². The van der Waals surface area contributed by atoms with Gasteiger partial charge < -0.3 is 19.9 Å². The van der Waals surface area contributed by atoms with E-state index in [1.807, 2.05) is 13.8 Å². The maximum Gasteiger partial charge on any atom is 0.311 e. The lowest BCUT2D eigenvalue weighted by Crippen LogP contribution is -2.51. The molecule has 34 heavy (non-hydrogen) atoms. The monoisotopic (exact) mass is 509 g/mol. The van der Waals surface area contributed by atoms with Gasteiger partial charge in [0.15, 0.2) is 0 Å². The molecular weight excluding hydrogens is 466 g/mol. The number of hydrogen-bond donors (Lipinski definition) is 3. The van der Waals surface area contributed by atoms with Crippen molar-refractivity contribution in [3.8, 4) is 0 Å². The van der Waals surface area contributed by atoms with Crippen LogP contribution in [0.1, 0.15) is 80.6 Å². The smallest absolute Gasteiger partial charge is 0.311 e. The van der Waals surface area contributed by atoms with Gasteiger partial charge in [0.1, 0.15) is 6.61 Å². The molecule has 0 saturated carbocycles. The molecule has 0 aromatic carbocycles. The molecule has 1 amide bonds. The minimum absolute atomic E-state index is 0.00286. The molecule has 3 N–H and O–H groups in total. The molecule has 0 fully saturated rings. The zero-order valence-electron chi connectivity index (χ0n) is 21.6. The number of hydrogen-bond acceptors (Lipinski definition) is 8. The highest BCUT2D eigenvalue weighted by molar-refractivity contribution is 7.85. The number of unbranched alkanes of at least 4 members (excludes halogenated alkanes) is 1. The van der Waals surface area contributed by atoms with Crippen molar-refractivity contribution in [3.63, 3.8) is 0 Å². The van der Waals surface area contributed by atoms with Crippen molar-refractivity contribution in [1.82, 2.24) is 5.32 Å². The summed E-state index contributed by atoms with van der Waals surface area (Å²) in [5.41, 5.74) is -3.53. The van der Waals surface area contributed by atoms with Gasteiger partial charge in [0, 0.05) is 5.92 Å². The molecule has 0 aromatic heterocycles. The number of esters is 2. The summed E-state index contributed by atoms with van der Waals surface area (Å²) in [6.07, 6.45) is 2.03. The summed E-state index contributed by atoms with van der Waals surface area (Å²) in [7, 11) is -4.32. The van der Waals surface area contributed by atoms with Crippen molar-refractivity contribution in [2.45, 2.75) is 86.1 Å². The summed E-state index contributed by atoms with van der Waals surface area (Å²) in [6, 6.07) is 0. The van der Waals surface area contributed by atoms with Crippen LogP contribution in [0.25, 0.3) is 0 Å². The molecule has 3 unspecified atom stereocenters. The number of carbonyl (C=O) groups excluding carboxylic acids is 3. The van der Waals surface area contributed by atoms with Crippen molar-refractivity contribution < 1.29 is 41.9 Å². The van der Waals surface area contributed by atoms with Crippen molar-refractivity contribution >= 4 is 28.0 Å². The van der Waals surface area contributed by atoms with Gasteiger partial charge in [-0.3, -0.25) is 18.9 Å². The lowest BCUT2D eigenvalue weighted by Gasteiger charge is -2.37. The SMILES string of the molecule is CCCCOC(=O)C(C)(CC)CC(C)(CC(C)C(=O)NC(C)(C)CS(=O)(=O)O)C(=O)OCCO. The van der Waals surface area contributed by atoms with Gasteiger partial charge in [-0.15, -0.1) is 0 Å². The Morgan fingerprint density at radius 2 is 1.50 bits per heavy atom. The van der Waals surface area contributed by atoms with Crippen LogP contribution < -0.4 is 5.32 Å². The fraction of sp³-hybridized carbons (Fsp3) is 0.870. The second-order valence-electron chi connectivity index (χ2n) is 10.2. The van der Waals surface area contributed by atoms with E-state index in [1.165, 1.54) is 13.8 Å². The molecule has 200 valence electrons. The van der Waals surface area contributed by atoms with Gasteiger partial charge in [-0.2, -0.15) is 8.42 Å². The van der Waals surface area contributed by atoms with Crippen LogP contribution in [0.15, 0.2) is 0 Å². The maximum atomic E-state index is 13.0. The molecule has 0 rings (SSSR count). The van der Waals surface area contributed by atoms with Gasteiger partial charge in [0.25, 0.3) is 10.1 Å². The minimum atomic E-state index is -4.32. The average molecular weight is 510 g/mol. The number of rotatable bonds is 16. The molecule has 0 aromatic rings. The number of amides is 1. The molecule has 3 atom stereocenters. The number of carbonyl (C=O) groups is 3. The summed E-state index contributed by atoms with van der Waals surface area (Å²) in [5.74, 6) is -3.04. The molecule has 0 aliphatic rings. The minimum Gasteiger partial charge on any atom is -0.465 e. The summed E-state index contributed by atoms with van der Waals surface area (Å²) in [6.45, 7) is 11.3. The molecule has 0 aliphatic heterocycles. The number of aliphatic hydroxyl groups is 1. The average Bonchev–Trinajstić information content (AvgIpc) is 2.69. The summed E-state index contributed by atoms with van der Waals surface area (Å²) >= 11 is 0. The van der Waals surface area contributed by atoms with E-state index in [4.69, 9.17) is 19.1 Å². The van der Waals surface area contributed by atoms with Gasteiger partial charge in [-0.1, -0.05) is 27.2 Å². The number of aliphatic hydroxyl groups excluding tert-OH is 1. The zero-order valence-corrected chi connectivity index (χ0v) is 22.4. The van der Waals surface area contributed by atoms with Crippen LogP contribution in [0.4, 0.5) is 0 Å². The van der Waals surface area contributed by atoms with Crippen LogP contribution in [0.3, 0.4) is 0 Å². The van der Waals surface area contributed by atoms with E-state index in [1.54, 1.807) is 20.8 Å². The van der Waals surface area contributed by atoms with Crippen LogP contribution >= 0.6 is 0 Å². The van der Waals surface area contributed by atoms with Crippen LogP contribution in [0, 0.1) is 16.7 Å². The fourth-order valence-corrected chi connectivity index (χ4v) is 4.93. The largest absolute Gasteiger partial charge is 0.465 e. The molecule has 0 aliphatic carbocycles. The van der Waals surface area contributed by atoms with E-state index < -0.39 is 56.0 Å². The number of ether oxygens (including phenoxy) is 2. The highest BCUT2D eigenvalue weighted by Gasteiger charge is 2.47. The quantitative estimate of drug-likeness (QED) is 0.161. The zero-order chi connectivity index (χ0) is 26.8. The highest BCUT2D eigenvalue weighted by Crippen LogP contribution is 2.42. The van der Waals surface area contributed by atoms with Crippen molar-refractivity contribution in [2.24, 2.45) is 16.7 Å². The predicted octanol–water partition coefficient (Wildman–Crippen LogP) is 2.49. The Hall–Kier alpha value is -1.72. The Balaban J connectivity index is 5.77. The molecule has 0 bridgehead atoms. The van der Waals surface area contributed by atoms with Crippen LogP contribution in [0.2, 0.25) is 0 Å². The molecule has 10 nitrogen and oxygen atoms in total. The standard InChI is InChI=1S/C23H43NO9S/c1-8-10-12-32-19(27)22(6,9-2)15-23(7,20(28)33-13-11-25)14-17(3)18(26)24-21(4,5)16-34(29,30)31/h17,25H,8-16H2,1-7H3,(H,24,26)(H,29,30,31). The van der Waals surface area contributed by atoms with E-state index in [9.17, 15) is 22.8 Å². The Labute approximate surface area is 203 Å². The lowest BCUT2D eigenvalue weighted by atomic mass is 9.68. The number of nitrogens with one attached hydrogen (secondary N) is 1. The van der Waals surface area contributed by atoms with Crippen LogP contribution in [-0.4, -0.2) is 67.0 Å². The van der Waals surface area contributed by atoms with Crippen molar-refractivity contribution in [1.29, 1.82) is 0 Å². The van der Waals surface area contributed by atoms with E-state index in [2.05, 4.69) is 5.32 Å². The first-order chi connectivity index (χ1) is 15.4. The van der Waals surface area contributed by atoms with Gasteiger partial charge in [-0.25, -0.2) is 0 Å². The van der Waals surface area contributed by atoms with E-state index in [0.29, 0.717) is 6.42 Å². The van der Waals surface area contributed by atoms with Crippen LogP contribution in [0.5, 0.6) is 0 Å². The topological polar surface area (TPSA) is 156 Å².